The molecule has 0 bridgehead atoms. The lowest BCUT2D eigenvalue weighted by Crippen LogP contribution is -2.38. The number of carbonyl (C=O) groups excluding carboxylic acids is 1. The second-order valence-corrected chi connectivity index (χ2v) is 5.71. The lowest BCUT2D eigenvalue weighted by Gasteiger charge is -2.20. The van der Waals surface area contributed by atoms with Crippen LogP contribution in [0.4, 0.5) is 0 Å². The van der Waals surface area contributed by atoms with Crippen LogP contribution in [0, 0.1) is 0 Å². The molecule has 21 heavy (non-hydrogen) atoms. The van der Waals surface area contributed by atoms with Crippen LogP contribution >= 0.6 is 0 Å². The number of amides is 1. The van der Waals surface area contributed by atoms with Crippen LogP contribution in [0.15, 0.2) is 36.4 Å². The molecule has 1 heterocycles. The fraction of sp³-hybridized carbons (Fsp3) is 0.353. The number of nitrogens with zero attached hydrogens (tertiary/aromatic N) is 1. The van der Waals surface area contributed by atoms with Gasteiger partial charge in [-0.3, -0.25) is 10.1 Å². The minimum Gasteiger partial charge on any atom is -0.507 e. The highest BCUT2D eigenvalue weighted by Gasteiger charge is 2.30. The van der Waals surface area contributed by atoms with E-state index >= 15 is 0 Å². The number of nitrogens with one attached hydrogen (secondary N) is 1. The van der Waals surface area contributed by atoms with Gasteiger partial charge in [-0.05, 0) is 18.7 Å². The van der Waals surface area contributed by atoms with E-state index < -0.39 is 0 Å². The standard InChI is InChI=1S/C17H20N2O2/c1-11(18-15-9-10-19(2)17(15)21)13-8-7-12-5-3-4-6-14(12)16(13)20/h3-8,11,15,18,20H,9-10H2,1-2H3. The average molecular weight is 284 g/mol. The third-order valence-electron chi connectivity index (χ3n) is 4.28. The van der Waals surface area contributed by atoms with E-state index in [1.54, 1.807) is 4.90 Å². The van der Waals surface area contributed by atoms with Crippen molar-refractivity contribution in [1.29, 1.82) is 0 Å². The second-order valence-electron chi connectivity index (χ2n) is 5.71. The van der Waals surface area contributed by atoms with Gasteiger partial charge >= 0.3 is 0 Å². The number of rotatable bonds is 3. The van der Waals surface area contributed by atoms with Gasteiger partial charge in [-0.25, -0.2) is 0 Å². The molecule has 1 fully saturated rings. The number of hydrogen-bond donors (Lipinski definition) is 2. The minimum atomic E-state index is -0.157. The van der Waals surface area contributed by atoms with E-state index in [1.807, 2.05) is 50.4 Å². The molecule has 2 unspecified atom stereocenters. The van der Waals surface area contributed by atoms with Crippen molar-refractivity contribution >= 4 is 16.7 Å². The summed E-state index contributed by atoms with van der Waals surface area (Å²) in [5, 5.41) is 15.7. The number of likely N-dealkylation sites (N-methyl/N-ethyl adjacent to an activating group) is 1. The van der Waals surface area contributed by atoms with Gasteiger partial charge in [0.1, 0.15) is 5.75 Å². The largest absolute Gasteiger partial charge is 0.507 e. The molecule has 1 saturated heterocycles. The zero-order valence-corrected chi connectivity index (χ0v) is 12.3. The third kappa shape index (κ3) is 2.47. The van der Waals surface area contributed by atoms with E-state index in [2.05, 4.69) is 5.32 Å². The van der Waals surface area contributed by atoms with Crippen LogP contribution in [0.25, 0.3) is 10.8 Å². The number of fused-ring (bicyclic) bond motifs is 1. The summed E-state index contributed by atoms with van der Waals surface area (Å²) >= 11 is 0. The van der Waals surface area contributed by atoms with Gasteiger partial charge in [-0.15, -0.1) is 0 Å². The van der Waals surface area contributed by atoms with Crippen LogP contribution < -0.4 is 5.32 Å². The molecule has 0 radical (unpaired) electrons. The fourth-order valence-electron chi connectivity index (χ4n) is 2.99. The molecule has 2 aromatic carbocycles. The third-order valence-corrected chi connectivity index (χ3v) is 4.28. The van der Waals surface area contributed by atoms with Crippen LogP contribution in [0.5, 0.6) is 5.75 Å². The van der Waals surface area contributed by atoms with Crippen molar-refractivity contribution in [3.63, 3.8) is 0 Å². The van der Waals surface area contributed by atoms with Crippen molar-refractivity contribution in [3.8, 4) is 5.75 Å². The zero-order valence-electron chi connectivity index (χ0n) is 12.3. The number of aromatic hydroxyl groups is 1. The molecule has 0 aromatic heterocycles. The van der Waals surface area contributed by atoms with Gasteiger partial charge in [0.25, 0.3) is 0 Å². The highest BCUT2D eigenvalue weighted by atomic mass is 16.3. The van der Waals surface area contributed by atoms with Crippen LogP contribution in [-0.4, -0.2) is 35.5 Å². The van der Waals surface area contributed by atoms with E-state index in [0.29, 0.717) is 5.75 Å². The monoisotopic (exact) mass is 284 g/mol. The van der Waals surface area contributed by atoms with Crippen LogP contribution in [0.3, 0.4) is 0 Å². The van der Waals surface area contributed by atoms with Gasteiger partial charge in [0.15, 0.2) is 0 Å². The Morgan fingerprint density at radius 3 is 2.76 bits per heavy atom. The van der Waals surface area contributed by atoms with Gasteiger partial charge in [0.05, 0.1) is 6.04 Å². The molecule has 2 N–H and O–H groups in total. The first-order chi connectivity index (χ1) is 10.1. The Balaban J connectivity index is 1.86. The summed E-state index contributed by atoms with van der Waals surface area (Å²) in [5.41, 5.74) is 0.830. The molecule has 1 aliphatic rings. The Hall–Kier alpha value is -2.07. The summed E-state index contributed by atoms with van der Waals surface area (Å²) in [4.78, 5) is 13.7. The van der Waals surface area contributed by atoms with Crippen LogP contribution in [0.1, 0.15) is 24.9 Å². The van der Waals surface area contributed by atoms with E-state index in [4.69, 9.17) is 0 Å². The van der Waals surface area contributed by atoms with Crippen molar-refractivity contribution in [1.82, 2.24) is 10.2 Å². The summed E-state index contributed by atoms with van der Waals surface area (Å²) in [7, 11) is 1.82. The summed E-state index contributed by atoms with van der Waals surface area (Å²) < 4.78 is 0. The predicted molar refractivity (Wildman–Crippen MR) is 83.2 cm³/mol. The SMILES string of the molecule is CC(NC1CCN(C)C1=O)c1ccc2ccccc2c1O. The molecule has 1 amide bonds. The molecular weight excluding hydrogens is 264 g/mol. The van der Waals surface area contributed by atoms with Gasteiger partial charge in [0.2, 0.25) is 5.91 Å². The molecule has 110 valence electrons. The summed E-state index contributed by atoms with van der Waals surface area (Å²) in [6.07, 6.45) is 0.814. The summed E-state index contributed by atoms with van der Waals surface area (Å²) in [6, 6.07) is 11.5. The number of likely N-dealkylation sites (tertiary alicyclic amines) is 1. The topological polar surface area (TPSA) is 52.6 Å². The molecule has 3 rings (SSSR count). The highest BCUT2D eigenvalue weighted by molar-refractivity contribution is 5.89. The second kappa shape index (κ2) is 5.37. The number of carbonyl (C=O) groups is 1. The molecule has 2 atom stereocenters. The zero-order chi connectivity index (χ0) is 15.0. The molecule has 1 aliphatic heterocycles. The Morgan fingerprint density at radius 2 is 2.05 bits per heavy atom. The fourth-order valence-corrected chi connectivity index (χ4v) is 2.99. The normalized spacial score (nSPS) is 20.2. The lowest BCUT2D eigenvalue weighted by atomic mass is 10.0. The maximum atomic E-state index is 12.0. The maximum Gasteiger partial charge on any atom is 0.239 e. The predicted octanol–water partition coefficient (Wildman–Crippen LogP) is 2.43. The van der Waals surface area contributed by atoms with Crippen molar-refractivity contribution in [2.24, 2.45) is 0 Å². The molecule has 4 heteroatoms. The average Bonchev–Trinajstić information content (AvgIpc) is 2.80. The number of hydrogen-bond acceptors (Lipinski definition) is 3. The summed E-state index contributed by atoms with van der Waals surface area (Å²) in [6.45, 7) is 2.77. The summed E-state index contributed by atoms with van der Waals surface area (Å²) in [5.74, 6) is 0.425. The molecule has 0 aliphatic carbocycles. The number of phenols is 1. The van der Waals surface area contributed by atoms with Crippen molar-refractivity contribution in [2.45, 2.75) is 25.4 Å². The van der Waals surface area contributed by atoms with E-state index in [-0.39, 0.29) is 18.0 Å². The first-order valence-electron chi connectivity index (χ1n) is 7.29. The molecule has 0 spiro atoms. The Morgan fingerprint density at radius 1 is 1.29 bits per heavy atom. The van der Waals surface area contributed by atoms with Crippen molar-refractivity contribution in [3.05, 3.63) is 42.0 Å². The number of phenolic OH excluding ortho intramolecular Hbond substituents is 1. The van der Waals surface area contributed by atoms with E-state index in [9.17, 15) is 9.90 Å². The Bertz CT molecular complexity index is 684. The smallest absolute Gasteiger partial charge is 0.239 e. The quantitative estimate of drug-likeness (QED) is 0.910. The Kier molecular flexibility index (Phi) is 3.55. The van der Waals surface area contributed by atoms with Crippen LogP contribution in [0.2, 0.25) is 0 Å². The highest BCUT2D eigenvalue weighted by Crippen LogP contribution is 2.32. The lowest BCUT2D eigenvalue weighted by molar-refractivity contribution is -0.128. The van der Waals surface area contributed by atoms with Crippen molar-refractivity contribution in [2.75, 3.05) is 13.6 Å². The van der Waals surface area contributed by atoms with E-state index in [0.717, 1.165) is 29.3 Å². The van der Waals surface area contributed by atoms with Gasteiger partial charge in [-0.2, -0.15) is 0 Å². The van der Waals surface area contributed by atoms with Gasteiger partial charge in [0, 0.05) is 30.6 Å². The Labute approximate surface area is 124 Å². The first-order valence-corrected chi connectivity index (χ1v) is 7.29. The van der Waals surface area contributed by atoms with Crippen molar-refractivity contribution < 1.29 is 9.90 Å². The molecule has 0 saturated carbocycles. The minimum absolute atomic E-state index is 0.0740. The maximum absolute atomic E-state index is 12.0. The molecule has 4 nitrogen and oxygen atoms in total. The first kappa shape index (κ1) is 13.9. The van der Waals surface area contributed by atoms with Gasteiger partial charge < -0.3 is 10.0 Å². The van der Waals surface area contributed by atoms with E-state index in [1.165, 1.54) is 0 Å². The van der Waals surface area contributed by atoms with Crippen LogP contribution in [-0.2, 0) is 4.79 Å². The number of benzene rings is 2. The molecular formula is C17H20N2O2. The molecule has 2 aromatic rings. The van der Waals surface area contributed by atoms with Gasteiger partial charge in [-0.1, -0.05) is 36.4 Å².